The quantitative estimate of drug-likeness (QED) is 0.820. The van der Waals surface area contributed by atoms with Gasteiger partial charge in [0.25, 0.3) is 0 Å². The second-order valence-corrected chi connectivity index (χ2v) is 5.55. The van der Waals surface area contributed by atoms with Crippen molar-refractivity contribution in [1.29, 1.82) is 0 Å². The molecule has 1 amide bonds. The Hall–Kier alpha value is -1.00. The molecule has 0 aromatic heterocycles. The summed E-state index contributed by atoms with van der Waals surface area (Å²) in [7, 11) is 4.06. The van der Waals surface area contributed by atoms with Gasteiger partial charge in [-0.15, -0.1) is 11.8 Å². The number of fused-ring (bicyclic) bond motifs is 1. The molecule has 0 saturated heterocycles. The average Bonchev–Trinajstić information content (AvgIpc) is 2.45. The maximum atomic E-state index is 12.1. The van der Waals surface area contributed by atoms with Crippen LogP contribution >= 0.6 is 11.8 Å². The van der Waals surface area contributed by atoms with Gasteiger partial charge < -0.3 is 9.80 Å². The van der Waals surface area contributed by atoms with Crippen LogP contribution in [0.25, 0.3) is 0 Å². The summed E-state index contributed by atoms with van der Waals surface area (Å²) in [6.45, 7) is 1.66. The second kappa shape index (κ2) is 5.56. The van der Waals surface area contributed by atoms with E-state index in [-0.39, 0.29) is 5.91 Å². The predicted octanol–water partition coefficient (Wildman–Crippen LogP) is 2.08. The van der Waals surface area contributed by atoms with E-state index in [0.717, 1.165) is 24.5 Å². The summed E-state index contributed by atoms with van der Waals surface area (Å²) in [4.78, 5) is 17.3. The van der Waals surface area contributed by atoms with Crippen molar-refractivity contribution >= 4 is 23.4 Å². The van der Waals surface area contributed by atoms with Gasteiger partial charge in [0.05, 0.1) is 5.69 Å². The molecule has 2 rings (SSSR count). The van der Waals surface area contributed by atoms with Crippen LogP contribution in [0.1, 0.15) is 6.42 Å². The third-order valence-corrected chi connectivity index (χ3v) is 3.87. The first-order valence-corrected chi connectivity index (χ1v) is 6.84. The van der Waals surface area contributed by atoms with Crippen molar-refractivity contribution in [3.8, 4) is 0 Å². The average molecular weight is 250 g/mol. The van der Waals surface area contributed by atoms with E-state index in [1.54, 1.807) is 11.8 Å². The zero-order valence-corrected chi connectivity index (χ0v) is 11.2. The minimum absolute atomic E-state index is 0.240. The van der Waals surface area contributed by atoms with Gasteiger partial charge in [0.2, 0.25) is 5.91 Å². The highest BCUT2D eigenvalue weighted by Gasteiger charge is 2.21. The highest BCUT2D eigenvalue weighted by Crippen LogP contribution is 2.33. The largest absolute Gasteiger partial charge is 0.310 e. The van der Waals surface area contributed by atoms with Crippen molar-refractivity contribution in [2.75, 3.05) is 37.8 Å². The Labute approximate surface area is 107 Å². The Morgan fingerprint density at radius 3 is 2.88 bits per heavy atom. The van der Waals surface area contributed by atoms with E-state index in [4.69, 9.17) is 0 Å². The van der Waals surface area contributed by atoms with E-state index >= 15 is 0 Å². The molecular formula is C13H18N2OS. The molecule has 1 heterocycles. The monoisotopic (exact) mass is 250 g/mol. The summed E-state index contributed by atoms with van der Waals surface area (Å²) in [5.41, 5.74) is 1.07. The first kappa shape index (κ1) is 12.5. The van der Waals surface area contributed by atoms with Gasteiger partial charge in [-0.2, -0.15) is 0 Å². The lowest BCUT2D eigenvalue weighted by molar-refractivity contribution is -0.118. The molecule has 4 heteroatoms. The van der Waals surface area contributed by atoms with E-state index in [1.807, 2.05) is 37.2 Å². The van der Waals surface area contributed by atoms with E-state index in [2.05, 4.69) is 11.0 Å². The Morgan fingerprint density at radius 2 is 2.12 bits per heavy atom. The molecule has 92 valence electrons. The predicted molar refractivity (Wildman–Crippen MR) is 72.7 cm³/mol. The molecule has 0 fully saturated rings. The molecule has 17 heavy (non-hydrogen) atoms. The zero-order valence-electron chi connectivity index (χ0n) is 10.3. The molecule has 0 N–H and O–H groups in total. The minimum atomic E-state index is 0.240. The second-order valence-electron chi connectivity index (χ2n) is 4.41. The summed E-state index contributed by atoms with van der Waals surface area (Å²) < 4.78 is 0. The van der Waals surface area contributed by atoms with Crippen LogP contribution in [0.5, 0.6) is 0 Å². The van der Waals surface area contributed by atoms with Crippen molar-refractivity contribution in [3.05, 3.63) is 24.3 Å². The van der Waals surface area contributed by atoms with Gasteiger partial charge in [-0.3, -0.25) is 4.79 Å². The van der Waals surface area contributed by atoms with Gasteiger partial charge in [-0.1, -0.05) is 12.1 Å². The molecule has 1 aromatic rings. The fourth-order valence-electron chi connectivity index (χ4n) is 1.86. The van der Waals surface area contributed by atoms with Crippen LogP contribution in [-0.2, 0) is 4.79 Å². The standard InChI is InChI=1S/C13H18N2OS/c1-14(2)8-9-15-11-5-3-4-6-12(11)17-10-7-13(15)16/h3-6H,7-10H2,1-2H3. The van der Waals surface area contributed by atoms with Gasteiger partial charge in [-0.25, -0.2) is 0 Å². The van der Waals surface area contributed by atoms with Crippen molar-refractivity contribution in [2.24, 2.45) is 0 Å². The van der Waals surface area contributed by atoms with Crippen LogP contribution in [0.3, 0.4) is 0 Å². The molecule has 0 bridgehead atoms. The number of hydrogen-bond donors (Lipinski definition) is 0. The summed E-state index contributed by atoms with van der Waals surface area (Å²) >= 11 is 1.78. The number of anilines is 1. The van der Waals surface area contributed by atoms with E-state index in [9.17, 15) is 4.79 Å². The zero-order chi connectivity index (χ0) is 12.3. The first-order chi connectivity index (χ1) is 8.18. The molecule has 0 saturated carbocycles. The number of thioether (sulfide) groups is 1. The van der Waals surface area contributed by atoms with Crippen LogP contribution in [0.4, 0.5) is 5.69 Å². The summed E-state index contributed by atoms with van der Waals surface area (Å²) in [5, 5.41) is 0. The molecule has 1 aromatic carbocycles. The Morgan fingerprint density at radius 1 is 1.35 bits per heavy atom. The minimum Gasteiger partial charge on any atom is -0.310 e. The van der Waals surface area contributed by atoms with Crippen LogP contribution in [0.15, 0.2) is 29.2 Å². The first-order valence-electron chi connectivity index (χ1n) is 5.85. The Balaban J connectivity index is 2.24. The number of carbonyl (C=O) groups excluding carboxylic acids is 1. The van der Waals surface area contributed by atoms with Crippen LogP contribution in [0, 0.1) is 0 Å². The molecular weight excluding hydrogens is 232 g/mol. The summed E-state index contributed by atoms with van der Waals surface area (Å²) in [5.74, 6) is 1.12. The Bertz CT molecular complexity index is 406. The summed E-state index contributed by atoms with van der Waals surface area (Å²) in [6.07, 6.45) is 0.632. The number of likely N-dealkylation sites (N-methyl/N-ethyl adjacent to an activating group) is 1. The van der Waals surface area contributed by atoms with Gasteiger partial charge in [0.15, 0.2) is 0 Å². The van der Waals surface area contributed by atoms with E-state index in [1.165, 1.54) is 4.90 Å². The third kappa shape index (κ3) is 3.01. The molecule has 0 radical (unpaired) electrons. The van der Waals surface area contributed by atoms with E-state index in [0.29, 0.717) is 6.42 Å². The number of rotatable bonds is 3. The molecule has 0 unspecified atom stereocenters. The smallest absolute Gasteiger partial charge is 0.227 e. The number of nitrogens with zero attached hydrogens (tertiary/aromatic N) is 2. The highest BCUT2D eigenvalue weighted by molar-refractivity contribution is 7.99. The fraction of sp³-hybridized carbons (Fsp3) is 0.462. The van der Waals surface area contributed by atoms with Crippen LogP contribution in [0.2, 0.25) is 0 Å². The molecule has 0 aliphatic carbocycles. The lowest BCUT2D eigenvalue weighted by atomic mass is 10.2. The van der Waals surface area contributed by atoms with E-state index < -0.39 is 0 Å². The van der Waals surface area contributed by atoms with Crippen molar-refractivity contribution in [1.82, 2.24) is 4.90 Å². The fourth-order valence-corrected chi connectivity index (χ4v) is 2.86. The van der Waals surface area contributed by atoms with Crippen molar-refractivity contribution in [3.63, 3.8) is 0 Å². The number of benzene rings is 1. The van der Waals surface area contributed by atoms with Crippen molar-refractivity contribution in [2.45, 2.75) is 11.3 Å². The summed E-state index contributed by atoms with van der Waals surface area (Å²) in [6, 6.07) is 8.18. The van der Waals surface area contributed by atoms with Crippen LogP contribution < -0.4 is 4.90 Å². The highest BCUT2D eigenvalue weighted by atomic mass is 32.2. The number of amides is 1. The van der Waals surface area contributed by atoms with Gasteiger partial charge in [0.1, 0.15) is 0 Å². The maximum absolute atomic E-state index is 12.1. The lowest BCUT2D eigenvalue weighted by Gasteiger charge is -2.24. The molecule has 3 nitrogen and oxygen atoms in total. The lowest BCUT2D eigenvalue weighted by Crippen LogP contribution is -2.36. The van der Waals surface area contributed by atoms with Crippen molar-refractivity contribution < 1.29 is 4.79 Å². The molecule has 1 aliphatic rings. The van der Waals surface area contributed by atoms with Gasteiger partial charge in [0, 0.05) is 30.2 Å². The van der Waals surface area contributed by atoms with Gasteiger partial charge >= 0.3 is 0 Å². The number of carbonyl (C=O) groups is 1. The Kier molecular flexibility index (Phi) is 4.07. The number of para-hydroxylation sites is 1. The third-order valence-electron chi connectivity index (χ3n) is 2.80. The normalized spacial score (nSPS) is 15.9. The topological polar surface area (TPSA) is 23.6 Å². The molecule has 0 spiro atoms. The molecule has 1 aliphatic heterocycles. The SMILES string of the molecule is CN(C)CCN1C(=O)CCSc2ccccc21. The van der Waals surface area contributed by atoms with Gasteiger partial charge in [-0.05, 0) is 26.2 Å². The van der Waals surface area contributed by atoms with Crippen LogP contribution in [-0.4, -0.2) is 43.7 Å². The number of hydrogen-bond acceptors (Lipinski definition) is 3. The molecule has 0 atom stereocenters. The maximum Gasteiger partial charge on any atom is 0.227 e.